The zero-order valence-corrected chi connectivity index (χ0v) is 10.3. The number of carbonyl (C=O) groups excluding carboxylic acids is 1. The standard InChI is InChI=1S/C12H13FN2O5/c13-8-4-2-1-3-7(8)6-14-12(20)15-9(11(18)19)5-10(16)17/h1-4,9H,5-6H2,(H,16,17)(H,18,19)(H2,14,15,20)/t9-/m0/s1. The zero-order valence-electron chi connectivity index (χ0n) is 10.3. The number of halogens is 1. The molecule has 1 rings (SSSR count). The molecule has 1 aromatic rings. The molecule has 0 radical (unpaired) electrons. The molecule has 0 saturated heterocycles. The molecule has 0 aromatic heterocycles. The molecule has 0 aliphatic heterocycles. The highest BCUT2D eigenvalue weighted by atomic mass is 19.1. The maximum absolute atomic E-state index is 13.3. The van der Waals surface area contributed by atoms with Crippen molar-refractivity contribution < 1.29 is 29.0 Å². The summed E-state index contributed by atoms with van der Waals surface area (Å²) in [6.45, 7) is -0.141. The van der Waals surface area contributed by atoms with E-state index in [2.05, 4.69) is 5.32 Å². The Bertz CT molecular complexity index is 520. The second-order valence-corrected chi connectivity index (χ2v) is 3.91. The molecule has 0 heterocycles. The Morgan fingerprint density at radius 1 is 1.20 bits per heavy atom. The molecule has 0 aliphatic carbocycles. The molecule has 1 atom stereocenters. The summed E-state index contributed by atoms with van der Waals surface area (Å²) in [5, 5.41) is 21.5. The number of nitrogens with one attached hydrogen (secondary N) is 2. The van der Waals surface area contributed by atoms with Gasteiger partial charge in [-0.15, -0.1) is 0 Å². The quantitative estimate of drug-likeness (QED) is 0.609. The molecule has 0 unspecified atom stereocenters. The maximum atomic E-state index is 13.3. The molecular formula is C12H13FN2O5. The SMILES string of the molecule is O=C(O)C[C@H](NC(=O)NCc1ccccc1F)C(=O)O. The van der Waals surface area contributed by atoms with E-state index in [1.807, 2.05) is 5.32 Å². The summed E-state index contributed by atoms with van der Waals surface area (Å²) in [7, 11) is 0. The van der Waals surface area contributed by atoms with E-state index in [4.69, 9.17) is 10.2 Å². The van der Waals surface area contributed by atoms with Crippen LogP contribution < -0.4 is 10.6 Å². The van der Waals surface area contributed by atoms with Gasteiger partial charge >= 0.3 is 18.0 Å². The Morgan fingerprint density at radius 3 is 2.40 bits per heavy atom. The average Bonchev–Trinajstić information content (AvgIpc) is 2.36. The molecule has 0 bridgehead atoms. The van der Waals surface area contributed by atoms with E-state index in [1.165, 1.54) is 18.2 Å². The van der Waals surface area contributed by atoms with E-state index in [0.29, 0.717) is 0 Å². The minimum Gasteiger partial charge on any atom is -0.481 e. The van der Waals surface area contributed by atoms with Crippen molar-refractivity contribution in [2.45, 2.75) is 19.0 Å². The number of urea groups is 1. The first-order valence-corrected chi connectivity index (χ1v) is 5.62. The second-order valence-electron chi connectivity index (χ2n) is 3.91. The highest BCUT2D eigenvalue weighted by Gasteiger charge is 2.22. The number of benzene rings is 1. The van der Waals surface area contributed by atoms with Crippen LogP contribution in [0.25, 0.3) is 0 Å². The fraction of sp³-hybridized carbons (Fsp3) is 0.250. The minimum absolute atomic E-state index is 0.141. The van der Waals surface area contributed by atoms with Crippen molar-refractivity contribution >= 4 is 18.0 Å². The van der Waals surface area contributed by atoms with Crippen LogP contribution in [0, 0.1) is 5.82 Å². The van der Waals surface area contributed by atoms with Crippen LogP contribution in [-0.2, 0) is 16.1 Å². The largest absolute Gasteiger partial charge is 0.481 e. The molecule has 0 saturated carbocycles. The van der Waals surface area contributed by atoms with Crippen LogP contribution in [0.2, 0.25) is 0 Å². The van der Waals surface area contributed by atoms with Crippen molar-refractivity contribution in [1.82, 2.24) is 10.6 Å². The van der Waals surface area contributed by atoms with Crippen LogP contribution in [0.5, 0.6) is 0 Å². The van der Waals surface area contributed by atoms with Gasteiger partial charge in [-0.1, -0.05) is 18.2 Å². The summed E-state index contributed by atoms with van der Waals surface area (Å²) in [6, 6.07) is 3.32. The molecule has 0 spiro atoms. The van der Waals surface area contributed by atoms with E-state index in [-0.39, 0.29) is 12.1 Å². The summed E-state index contributed by atoms with van der Waals surface area (Å²) in [6.07, 6.45) is -0.748. The summed E-state index contributed by atoms with van der Waals surface area (Å²) >= 11 is 0. The number of amides is 2. The Morgan fingerprint density at radius 2 is 1.85 bits per heavy atom. The number of carbonyl (C=O) groups is 3. The summed E-state index contributed by atoms with van der Waals surface area (Å²) in [4.78, 5) is 32.6. The molecular weight excluding hydrogens is 271 g/mol. The van der Waals surface area contributed by atoms with Gasteiger partial charge in [0, 0.05) is 12.1 Å². The second kappa shape index (κ2) is 7.07. The van der Waals surface area contributed by atoms with Gasteiger partial charge in [0.05, 0.1) is 6.42 Å². The van der Waals surface area contributed by atoms with Crippen molar-refractivity contribution in [3.8, 4) is 0 Å². The number of carboxylic acid groups (broad SMARTS) is 2. The average molecular weight is 284 g/mol. The van der Waals surface area contributed by atoms with Gasteiger partial charge in [-0.3, -0.25) is 4.79 Å². The van der Waals surface area contributed by atoms with Crippen LogP contribution in [0.15, 0.2) is 24.3 Å². The predicted molar refractivity (Wildman–Crippen MR) is 65.4 cm³/mol. The highest BCUT2D eigenvalue weighted by molar-refractivity contribution is 5.86. The third-order valence-electron chi connectivity index (χ3n) is 2.38. The van der Waals surface area contributed by atoms with Gasteiger partial charge in [-0.2, -0.15) is 0 Å². The highest BCUT2D eigenvalue weighted by Crippen LogP contribution is 2.05. The van der Waals surface area contributed by atoms with Gasteiger partial charge in [0.2, 0.25) is 0 Å². The van der Waals surface area contributed by atoms with Crippen LogP contribution in [0.4, 0.5) is 9.18 Å². The smallest absolute Gasteiger partial charge is 0.326 e. The van der Waals surface area contributed by atoms with E-state index in [1.54, 1.807) is 6.07 Å². The van der Waals surface area contributed by atoms with Gasteiger partial charge in [0.25, 0.3) is 0 Å². The summed E-state index contributed by atoms with van der Waals surface area (Å²) in [5.41, 5.74) is 0.229. The third kappa shape index (κ3) is 4.92. The first-order chi connectivity index (χ1) is 9.40. The topological polar surface area (TPSA) is 116 Å². The molecule has 2 amide bonds. The lowest BCUT2D eigenvalue weighted by molar-refractivity contribution is -0.145. The molecule has 20 heavy (non-hydrogen) atoms. The number of rotatable bonds is 6. The van der Waals surface area contributed by atoms with Crippen molar-refractivity contribution in [3.05, 3.63) is 35.6 Å². The van der Waals surface area contributed by atoms with Gasteiger partial charge in [0.1, 0.15) is 11.9 Å². The van der Waals surface area contributed by atoms with Gasteiger partial charge in [-0.25, -0.2) is 14.0 Å². The fourth-order valence-corrected chi connectivity index (χ4v) is 1.40. The molecule has 4 N–H and O–H groups in total. The van der Waals surface area contributed by atoms with Crippen molar-refractivity contribution in [3.63, 3.8) is 0 Å². The van der Waals surface area contributed by atoms with Gasteiger partial charge in [-0.05, 0) is 6.07 Å². The number of carboxylic acids is 2. The normalized spacial score (nSPS) is 11.4. The number of hydrogen-bond acceptors (Lipinski definition) is 3. The predicted octanol–water partition coefficient (Wildman–Crippen LogP) is 0.553. The Labute approximate surface area is 113 Å². The third-order valence-corrected chi connectivity index (χ3v) is 2.38. The van der Waals surface area contributed by atoms with E-state index < -0.39 is 36.2 Å². The van der Waals surface area contributed by atoms with Gasteiger partial charge in [0.15, 0.2) is 0 Å². The lowest BCUT2D eigenvalue weighted by atomic mass is 10.2. The summed E-state index contributed by atoms with van der Waals surface area (Å²) in [5.74, 6) is -3.33. The molecule has 8 heteroatoms. The molecule has 0 aliphatic rings. The first-order valence-electron chi connectivity index (χ1n) is 5.62. The summed E-state index contributed by atoms with van der Waals surface area (Å²) < 4.78 is 13.3. The van der Waals surface area contributed by atoms with Crippen molar-refractivity contribution in [1.29, 1.82) is 0 Å². The molecule has 7 nitrogen and oxygen atoms in total. The molecule has 108 valence electrons. The van der Waals surface area contributed by atoms with Gasteiger partial charge < -0.3 is 20.8 Å². The van der Waals surface area contributed by atoms with Crippen LogP contribution >= 0.6 is 0 Å². The Hall–Kier alpha value is -2.64. The molecule has 0 fully saturated rings. The minimum atomic E-state index is -1.55. The van der Waals surface area contributed by atoms with Crippen LogP contribution in [0.3, 0.4) is 0 Å². The Kier molecular flexibility index (Phi) is 5.45. The first kappa shape index (κ1) is 15.4. The lowest BCUT2D eigenvalue weighted by Crippen LogP contribution is -2.46. The van der Waals surface area contributed by atoms with E-state index >= 15 is 0 Å². The number of hydrogen-bond donors (Lipinski definition) is 4. The van der Waals surface area contributed by atoms with Crippen LogP contribution in [-0.4, -0.2) is 34.2 Å². The maximum Gasteiger partial charge on any atom is 0.326 e. The number of aliphatic carboxylic acids is 2. The Balaban J connectivity index is 2.52. The zero-order chi connectivity index (χ0) is 15.1. The van der Waals surface area contributed by atoms with Crippen molar-refractivity contribution in [2.75, 3.05) is 0 Å². The lowest BCUT2D eigenvalue weighted by Gasteiger charge is -2.13. The van der Waals surface area contributed by atoms with Crippen LogP contribution in [0.1, 0.15) is 12.0 Å². The van der Waals surface area contributed by atoms with Crippen molar-refractivity contribution in [2.24, 2.45) is 0 Å². The fourth-order valence-electron chi connectivity index (χ4n) is 1.40. The van der Waals surface area contributed by atoms with E-state index in [0.717, 1.165) is 0 Å². The van der Waals surface area contributed by atoms with E-state index in [9.17, 15) is 18.8 Å². The monoisotopic (exact) mass is 284 g/mol. The molecule has 1 aromatic carbocycles.